The van der Waals surface area contributed by atoms with E-state index in [1.807, 2.05) is 13.0 Å². The van der Waals surface area contributed by atoms with Gasteiger partial charge >= 0.3 is 0 Å². The Balaban J connectivity index is 2.73. The fourth-order valence-electron chi connectivity index (χ4n) is 2.02. The van der Waals surface area contributed by atoms with E-state index in [0.29, 0.717) is 24.7 Å². The number of ether oxygens (including phenoxy) is 1. The van der Waals surface area contributed by atoms with Crippen molar-refractivity contribution in [3.63, 3.8) is 0 Å². The van der Waals surface area contributed by atoms with E-state index >= 15 is 0 Å². The molecule has 0 fully saturated rings. The van der Waals surface area contributed by atoms with Crippen LogP contribution < -0.4 is 10.5 Å². The summed E-state index contributed by atoms with van der Waals surface area (Å²) in [6.45, 7) is 6.73. The number of nitrogens with two attached hydrogens (primary N) is 1. The van der Waals surface area contributed by atoms with Crippen molar-refractivity contribution in [2.24, 2.45) is 11.7 Å². The lowest BCUT2D eigenvalue weighted by Crippen LogP contribution is -2.19. The first-order valence-corrected chi connectivity index (χ1v) is 6.70. The van der Waals surface area contributed by atoms with Crippen LogP contribution in [-0.2, 0) is 6.42 Å². The number of rotatable bonds is 7. The Morgan fingerprint density at radius 3 is 2.67 bits per heavy atom. The van der Waals surface area contributed by atoms with Gasteiger partial charge in [-0.3, -0.25) is 0 Å². The van der Waals surface area contributed by atoms with E-state index < -0.39 is 0 Å². The first-order valence-electron chi connectivity index (χ1n) is 6.70. The van der Waals surface area contributed by atoms with Crippen LogP contribution in [0, 0.1) is 11.7 Å². The molecular weight excluding hydrogens is 229 g/mol. The lowest BCUT2D eigenvalue weighted by atomic mass is 10.1. The average Bonchev–Trinajstić information content (AvgIpc) is 2.28. The first kappa shape index (κ1) is 15.0. The second-order valence-corrected chi connectivity index (χ2v) is 5.11. The Morgan fingerprint density at radius 2 is 2.06 bits per heavy atom. The Kier molecular flexibility index (Phi) is 6.13. The SMILES string of the molecule is CCCC(C)COc1c(F)cccc1CC(C)N. The quantitative estimate of drug-likeness (QED) is 0.806. The Bertz CT molecular complexity index is 366. The molecule has 0 spiro atoms. The summed E-state index contributed by atoms with van der Waals surface area (Å²) in [5, 5.41) is 0. The molecule has 0 bridgehead atoms. The van der Waals surface area contributed by atoms with Crippen LogP contribution in [0.25, 0.3) is 0 Å². The largest absolute Gasteiger partial charge is 0.490 e. The van der Waals surface area contributed by atoms with Crippen LogP contribution in [-0.4, -0.2) is 12.6 Å². The van der Waals surface area contributed by atoms with Crippen LogP contribution in [0.2, 0.25) is 0 Å². The zero-order valence-electron chi connectivity index (χ0n) is 11.6. The van der Waals surface area contributed by atoms with Crippen LogP contribution >= 0.6 is 0 Å². The number of benzene rings is 1. The summed E-state index contributed by atoms with van der Waals surface area (Å²) in [4.78, 5) is 0. The molecule has 0 saturated heterocycles. The van der Waals surface area contributed by atoms with E-state index in [1.54, 1.807) is 6.07 Å². The highest BCUT2D eigenvalue weighted by molar-refractivity contribution is 5.35. The van der Waals surface area contributed by atoms with Crippen molar-refractivity contribution in [3.05, 3.63) is 29.6 Å². The van der Waals surface area contributed by atoms with Gasteiger partial charge in [-0.15, -0.1) is 0 Å². The normalized spacial score (nSPS) is 14.3. The predicted octanol–water partition coefficient (Wildman–Crippen LogP) is 3.53. The fraction of sp³-hybridized carbons (Fsp3) is 0.600. The highest BCUT2D eigenvalue weighted by Gasteiger charge is 2.12. The van der Waals surface area contributed by atoms with Gasteiger partial charge in [-0.05, 0) is 37.3 Å². The maximum Gasteiger partial charge on any atom is 0.165 e. The van der Waals surface area contributed by atoms with Crippen LogP contribution in [0.4, 0.5) is 4.39 Å². The summed E-state index contributed by atoms with van der Waals surface area (Å²) >= 11 is 0. The topological polar surface area (TPSA) is 35.2 Å². The molecule has 0 aromatic heterocycles. The van der Waals surface area contributed by atoms with Crippen molar-refractivity contribution in [2.45, 2.75) is 46.1 Å². The zero-order valence-corrected chi connectivity index (χ0v) is 11.6. The Hall–Kier alpha value is -1.09. The summed E-state index contributed by atoms with van der Waals surface area (Å²) in [5.74, 6) is 0.521. The molecule has 2 unspecified atom stereocenters. The van der Waals surface area contributed by atoms with E-state index in [-0.39, 0.29) is 11.9 Å². The van der Waals surface area contributed by atoms with Gasteiger partial charge in [-0.2, -0.15) is 0 Å². The van der Waals surface area contributed by atoms with E-state index in [9.17, 15) is 4.39 Å². The van der Waals surface area contributed by atoms with E-state index in [2.05, 4.69) is 13.8 Å². The molecule has 3 heteroatoms. The van der Waals surface area contributed by atoms with Gasteiger partial charge in [0.05, 0.1) is 6.61 Å². The van der Waals surface area contributed by atoms with Crippen LogP contribution in [0.1, 0.15) is 39.2 Å². The van der Waals surface area contributed by atoms with Gasteiger partial charge < -0.3 is 10.5 Å². The second kappa shape index (κ2) is 7.37. The van der Waals surface area contributed by atoms with Crippen LogP contribution in [0.15, 0.2) is 18.2 Å². The minimum atomic E-state index is -0.295. The molecule has 1 aromatic rings. The molecule has 0 aliphatic heterocycles. The third-order valence-corrected chi connectivity index (χ3v) is 2.88. The molecule has 2 atom stereocenters. The molecule has 0 saturated carbocycles. The highest BCUT2D eigenvalue weighted by Crippen LogP contribution is 2.24. The number of hydrogen-bond acceptors (Lipinski definition) is 2. The van der Waals surface area contributed by atoms with Gasteiger partial charge in [0.25, 0.3) is 0 Å². The summed E-state index contributed by atoms with van der Waals surface area (Å²) < 4.78 is 19.4. The maximum atomic E-state index is 13.8. The van der Waals surface area contributed by atoms with Crippen LogP contribution in [0.3, 0.4) is 0 Å². The van der Waals surface area contributed by atoms with Gasteiger partial charge in [0, 0.05) is 6.04 Å². The monoisotopic (exact) mass is 253 g/mol. The third kappa shape index (κ3) is 4.65. The van der Waals surface area contributed by atoms with Crippen molar-refractivity contribution in [1.82, 2.24) is 0 Å². The van der Waals surface area contributed by atoms with Crippen molar-refractivity contribution in [1.29, 1.82) is 0 Å². The van der Waals surface area contributed by atoms with Gasteiger partial charge in [-0.1, -0.05) is 32.4 Å². The highest BCUT2D eigenvalue weighted by atomic mass is 19.1. The molecule has 0 aliphatic rings. The number of para-hydroxylation sites is 1. The molecule has 1 rings (SSSR count). The molecule has 0 heterocycles. The lowest BCUT2D eigenvalue weighted by molar-refractivity contribution is 0.239. The van der Waals surface area contributed by atoms with Gasteiger partial charge in [0.15, 0.2) is 11.6 Å². The summed E-state index contributed by atoms with van der Waals surface area (Å²) in [5.41, 5.74) is 6.62. The van der Waals surface area contributed by atoms with Gasteiger partial charge in [0.1, 0.15) is 0 Å². The van der Waals surface area contributed by atoms with Crippen LogP contribution in [0.5, 0.6) is 5.75 Å². The molecule has 0 aliphatic carbocycles. The van der Waals surface area contributed by atoms with Crippen molar-refractivity contribution < 1.29 is 9.13 Å². The van der Waals surface area contributed by atoms with E-state index in [4.69, 9.17) is 10.5 Å². The Morgan fingerprint density at radius 1 is 1.33 bits per heavy atom. The summed E-state index contributed by atoms with van der Waals surface area (Å²) in [6, 6.07) is 5.02. The number of halogens is 1. The summed E-state index contributed by atoms with van der Waals surface area (Å²) in [7, 11) is 0. The zero-order chi connectivity index (χ0) is 13.5. The summed E-state index contributed by atoms with van der Waals surface area (Å²) in [6.07, 6.45) is 2.85. The third-order valence-electron chi connectivity index (χ3n) is 2.88. The molecule has 2 nitrogen and oxygen atoms in total. The molecular formula is C15H24FNO. The van der Waals surface area contributed by atoms with Gasteiger partial charge in [0.2, 0.25) is 0 Å². The minimum absolute atomic E-state index is 0.00205. The van der Waals surface area contributed by atoms with E-state index in [0.717, 1.165) is 18.4 Å². The standard InChI is InChI=1S/C15H24FNO/c1-4-6-11(2)10-18-15-13(9-12(3)17)7-5-8-14(15)16/h5,7-8,11-12H,4,6,9-10,17H2,1-3H3. The van der Waals surface area contributed by atoms with Crippen molar-refractivity contribution in [3.8, 4) is 5.75 Å². The molecule has 0 radical (unpaired) electrons. The molecule has 2 N–H and O–H groups in total. The predicted molar refractivity (Wildman–Crippen MR) is 73.3 cm³/mol. The lowest BCUT2D eigenvalue weighted by Gasteiger charge is -2.16. The van der Waals surface area contributed by atoms with Gasteiger partial charge in [-0.25, -0.2) is 4.39 Å². The Labute approximate surface area is 109 Å². The molecule has 102 valence electrons. The molecule has 1 aromatic carbocycles. The maximum absolute atomic E-state index is 13.8. The first-order chi connectivity index (χ1) is 8.54. The molecule has 0 amide bonds. The second-order valence-electron chi connectivity index (χ2n) is 5.11. The minimum Gasteiger partial charge on any atom is -0.490 e. The van der Waals surface area contributed by atoms with E-state index in [1.165, 1.54) is 6.07 Å². The fourth-order valence-corrected chi connectivity index (χ4v) is 2.02. The van der Waals surface area contributed by atoms with Crippen molar-refractivity contribution >= 4 is 0 Å². The average molecular weight is 253 g/mol. The number of hydrogen-bond donors (Lipinski definition) is 1. The smallest absolute Gasteiger partial charge is 0.165 e. The van der Waals surface area contributed by atoms with Crippen molar-refractivity contribution in [2.75, 3.05) is 6.61 Å². The molecule has 18 heavy (non-hydrogen) atoms.